The predicted octanol–water partition coefficient (Wildman–Crippen LogP) is 2.10. The van der Waals surface area contributed by atoms with Crippen LogP contribution in [-0.4, -0.2) is 49.9 Å². The standard InChI is InChI=1S/C18H17N5O2/c24-17(16-12-21-14-4-1-2-5-15(14)22-16)23-10-6-13(7-11-23)25-18-19-8-3-9-20-18/h1-5,8-9,12-13H,6-7,10-11H2. The Morgan fingerprint density at radius 3 is 2.48 bits per heavy atom. The summed E-state index contributed by atoms with van der Waals surface area (Å²) in [5.41, 5.74) is 1.89. The van der Waals surface area contributed by atoms with Crippen molar-refractivity contribution in [3.8, 4) is 6.01 Å². The third-order valence-corrected chi connectivity index (χ3v) is 4.21. The van der Waals surface area contributed by atoms with E-state index in [4.69, 9.17) is 4.74 Å². The highest BCUT2D eigenvalue weighted by Crippen LogP contribution is 2.17. The third-order valence-electron chi connectivity index (χ3n) is 4.21. The summed E-state index contributed by atoms with van der Waals surface area (Å²) in [6, 6.07) is 9.66. The molecule has 1 aliphatic heterocycles. The Bertz CT molecular complexity index is 879. The van der Waals surface area contributed by atoms with E-state index in [2.05, 4.69) is 19.9 Å². The summed E-state index contributed by atoms with van der Waals surface area (Å²) in [6.45, 7) is 1.23. The van der Waals surface area contributed by atoms with Crippen molar-refractivity contribution < 1.29 is 9.53 Å². The summed E-state index contributed by atoms with van der Waals surface area (Å²) < 4.78 is 5.76. The molecule has 0 spiro atoms. The van der Waals surface area contributed by atoms with Gasteiger partial charge in [0.25, 0.3) is 5.91 Å². The second-order valence-electron chi connectivity index (χ2n) is 5.88. The Morgan fingerprint density at radius 1 is 1.00 bits per heavy atom. The molecule has 2 aromatic heterocycles. The number of hydrogen-bond donors (Lipinski definition) is 0. The van der Waals surface area contributed by atoms with E-state index in [9.17, 15) is 4.79 Å². The van der Waals surface area contributed by atoms with E-state index in [1.165, 1.54) is 0 Å². The second-order valence-corrected chi connectivity index (χ2v) is 5.88. The van der Waals surface area contributed by atoms with Gasteiger partial charge in [-0.2, -0.15) is 0 Å². The van der Waals surface area contributed by atoms with Crippen molar-refractivity contribution in [3.63, 3.8) is 0 Å². The summed E-state index contributed by atoms with van der Waals surface area (Å²) in [5, 5.41) is 0. The molecule has 3 heterocycles. The van der Waals surface area contributed by atoms with E-state index in [0.29, 0.717) is 24.8 Å². The van der Waals surface area contributed by atoms with Gasteiger partial charge in [0.1, 0.15) is 11.8 Å². The first kappa shape index (κ1) is 15.4. The first-order valence-corrected chi connectivity index (χ1v) is 8.24. The number of piperidine rings is 1. The van der Waals surface area contributed by atoms with Crippen LogP contribution in [0.5, 0.6) is 6.01 Å². The molecular formula is C18H17N5O2. The maximum atomic E-state index is 12.7. The molecule has 1 saturated heterocycles. The van der Waals surface area contributed by atoms with Gasteiger partial charge in [-0.1, -0.05) is 12.1 Å². The highest BCUT2D eigenvalue weighted by Gasteiger charge is 2.26. The third kappa shape index (κ3) is 3.40. The Morgan fingerprint density at radius 2 is 1.72 bits per heavy atom. The van der Waals surface area contributed by atoms with Crippen molar-refractivity contribution in [1.82, 2.24) is 24.8 Å². The molecule has 0 saturated carbocycles. The van der Waals surface area contributed by atoms with Crippen molar-refractivity contribution in [1.29, 1.82) is 0 Å². The molecule has 0 radical (unpaired) electrons. The number of ether oxygens (including phenoxy) is 1. The molecule has 25 heavy (non-hydrogen) atoms. The first-order valence-electron chi connectivity index (χ1n) is 8.24. The summed E-state index contributed by atoms with van der Waals surface area (Å²) in [6.07, 6.45) is 6.36. The molecule has 0 aliphatic carbocycles. The topological polar surface area (TPSA) is 81.1 Å². The van der Waals surface area contributed by atoms with Gasteiger partial charge in [0.2, 0.25) is 0 Å². The van der Waals surface area contributed by atoms with Gasteiger partial charge >= 0.3 is 6.01 Å². The summed E-state index contributed by atoms with van der Waals surface area (Å²) in [7, 11) is 0. The molecule has 126 valence electrons. The van der Waals surface area contributed by atoms with Gasteiger partial charge in [0.15, 0.2) is 0 Å². The zero-order chi connectivity index (χ0) is 17.1. The average molecular weight is 335 g/mol. The molecule has 7 heteroatoms. The van der Waals surface area contributed by atoms with Crippen LogP contribution in [-0.2, 0) is 0 Å². The monoisotopic (exact) mass is 335 g/mol. The number of aromatic nitrogens is 4. The van der Waals surface area contributed by atoms with Crippen LogP contribution in [0.3, 0.4) is 0 Å². The molecule has 0 unspecified atom stereocenters. The lowest BCUT2D eigenvalue weighted by atomic mass is 10.1. The van der Waals surface area contributed by atoms with E-state index < -0.39 is 0 Å². The molecule has 4 rings (SSSR count). The van der Waals surface area contributed by atoms with Crippen molar-refractivity contribution >= 4 is 16.9 Å². The van der Waals surface area contributed by atoms with Crippen LogP contribution in [0.2, 0.25) is 0 Å². The average Bonchev–Trinajstić information content (AvgIpc) is 2.68. The van der Waals surface area contributed by atoms with Gasteiger partial charge in [0.05, 0.1) is 17.2 Å². The molecule has 1 aliphatic rings. The number of nitrogens with zero attached hydrogens (tertiary/aromatic N) is 5. The lowest BCUT2D eigenvalue weighted by molar-refractivity contribution is 0.0573. The number of rotatable bonds is 3. The van der Waals surface area contributed by atoms with Crippen LogP contribution < -0.4 is 4.74 Å². The van der Waals surface area contributed by atoms with Gasteiger partial charge in [-0.15, -0.1) is 0 Å². The van der Waals surface area contributed by atoms with Gasteiger partial charge in [0, 0.05) is 38.3 Å². The van der Waals surface area contributed by atoms with Gasteiger partial charge in [-0.25, -0.2) is 15.0 Å². The fourth-order valence-electron chi connectivity index (χ4n) is 2.89. The molecule has 1 aromatic carbocycles. The number of fused-ring (bicyclic) bond motifs is 1. The molecule has 1 amide bonds. The van der Waals surface area contributed by atoms with Gasteiger partial charge < -0.3 is 9.64 Å². The van der Waals surface area contributed by atoms with Crippen LogP contribution >= 0.6 is 0 Å². The fourth-order valence-corrected chi connectivity index (χ4v) is 2.89. The van der Waals surface area contributed by atoms with E-state index in [1.54, 1.807) is 29.6 Å². The van der Waals surface area contributed by atoms with Crippen molar-refractivity contribution in [2.24, 2.45) is 0 Å². The first-order chi connectivity index (χ1) is 12.3. The minimum absolute atomic E-state index is 0.0223. The number of carbonyl (C=O) groups is 1. The molecular weight excluding hydrogens is 318 g/mol. The van der Waals surface area contributed by atoms with Crippen LogP contribution in [0.1, 0.15) is 23.3 Å². The summed E-state index contributed by atoms with van der Waals surface area (Å²) >= 11 is 0. The van der Waals surface area contributed by atoms with Crippen LogP contribution in [0.25, 0.3) is 11.0 Å². The normalized spacial score (nSPS) is 15.3. The Hall–Kier alpha value is -3.09. The van der Waals surface area contributed by atoms with E-state index in [0.717, 1.165) is 23.9 Å². The molecule has 0 atom stereocenters. The predicted molar refractivity (Wildman–Crippen MR) is 91.1 cm³/mol. The number of carbonyl (C=O) groups excluding carboxylic acids is 1. The largest absolute Gasteiger partial charge is 0.460 e. The van der Waals surface area contributed by atoms with Crippen LogP contribution in [0.15, 0.2) is 48.9 Å². The maximum absolute atomic E-state index is 12.7. The van der Waals surface area contributed by atoms with Crippen molar-refractivity contribution in [2.45, 2.75) is 18.9 Å². The lowest BCUT2D eigenvalue weighted by Crippen LogP contribution is -2.42. The van der Waals surface area contributed by atoms with E-state index in [-0.39, 0.29) is 12.0 Å². The number of hydrogen-bond acceptors (Lipinski definition) is 6. The lowest BCUT2D eigenvalue weighted by Gasteiger charge is -2.31. The number of amides is 1. The smallest absolute Gasteiger partial charge is 0.316 e. The fraction of sp³-hybridized carbons (Fsp3) is 0.278. The highest BCUT2D eigenvalue weighted by atomic mass is 16.5. The van der Waals surface area contributed by atoms with E-state index in [1.807, 2.05) is 24.3 Å². The zero-order valence-corrected chi connectivity index (χ0v) is 13.6. The molecule has 0 bridgehead atoms. The number of benzene rings is 1. The number of para-hydroxylation sites is 2. The van der Waals surface area contributed by atoms with Gasteiger partial charge in [-0.3, -0.25) is 9.78 Å². The summed E-state index contributed by atoms with van der Waals surface area (Å²) in [5.74, 6) is -0.0901. The summed E-state index contributed by atoms with van der Waals surface area (Å²) in [4.78, 5) is 31.4. The Labute approximate surface area is 144 Å². The maximum Gasteiger partial charge on any atom is 0.316 e. The quantitative estimate of drug-likeness (QED) is 0.729. The molecule has 3 aromatic rings. The SMILES string of the molecule is O=C(c1cnc2ccccc2n1)N1CCC(Oc2ncccn2)CC1. The minimum Gasteiger partial charge on any atom is -0.460 e. The second kappa shape index (κ2) is 6.80. The number of likely N-dealkylation sites (tertiary alicyclic amines) is 1. The van der Waals surface area contributed by atoms with Crippen molar-refractivity contribution in [2.75, 3.05) is 13.1 Å². The van der Waals surface area contributed by atoms with Gasteiger partial charge in [-0.05, 0) is 18.2 Å². The van der Waals surface area contributed by atoms with Crippen LogP contribution in [0, 0.1) is 0 Å². The molecule has 1 fully saturated rings. The Balaban J connectivity index is 1.40. The zero-order valence-electron chi connectivity index (χ0n) is 13.6. The van der Waals surface area contributed by atoms with E-state index >= 15 is 0 Å². The molecule has 0 N–H and O–H groups in total. The minimum atomic E-state index is -0.0901. The van der Waals surface area contributed by atoms with Crippen molar-refractivity contribution in [3.05, 3.63) is 54.6 Å². The Kier molecular flexibility index (Phi) is 4.20. The molecule has 7 nitrogen and oxygen atoms in total. The highest BCUT2D eigenvalue weighted by molar-refractivity contribution is 5.93. The van der Waals surface area contributed by atoms with Crippen LogP contribution in [0.4, 0.5) is 0 Å².